The van der Waals surface area contributed by atoms with Crippen LogP contribution in [0.3, 0.4) is 0 Å². The van der Waals surface area contributed by atoms with Crippen LogP contribution in [-0.4, -0.2) is 30.1 Å². The fraction of sp³-hybridized carbons (Fsp3) is 0.192. The number of aromatic nitrogens is 3. The van der Waals surface area contributed by atoms with Crippen molar-refractivity contribution in [2.75, 3.05) is 0 Å². The first-order valence-electron chi connectivity index (χ1n) is 10.8. The minimum Gasteiger partial charge on any atom is -0.494 e. The third-order valence-electron chi connectivity index (χ3n) is 7.63. The molecule has 7 nitrogen and oxygen atoms in total. The Morgan fingerprint density at radius 2 is 1.97 bits per heavy atom. The molecular weight excluding hydrogens is 416 g/mol. The molecule has 5 aromatic rings. The Balaban J connectivity index is 1.93. The standard InChI is InChI=1S/C26H20N4O3/c1-5-13-16(6-2)29-18-11-26(32,27-4)25(3,33-18)30-17-10-8-7-9-14(17)19-15-12-28-24(31)21(15)20(13)22(29)23(19)30/h5-10,12,18,28,31-32H,1-2,11H2,3H3/t18?,25-,26-/m0/s1. The number of hydrogen-bond acceptors (Lipinski definition) is 3. The molecule has 5 heterocycles. The first-order chi connectivity index (χ1) is 15.9. The number of para-hydroxylation sites is 1. The molecule has 3 atom stereocenters. The Morgan fingerprint density at radius 3 is 2.70 bits per heavy atom. The summed E-state index contributed by atoms with van der Waals surface area (Å²) in [5, 5.41) is 26.8. The molecule has 0 spiro atoms. The average molecular weight is 436 g/mol. The number of aromatic hydroxyl groups is 1. The zero-order valence-corrected chi connectivity index (χ0v) is 17.9. The summed E-state index contributed by atoms with van der Waals surface area (Å²) in [4.78, 5) is 6.68. The smallest absolute Gasteiger partial charge is 0.386 e. The molecule has 33 heavy (non-hydrogen) atoms. The number of hydrogen-bond donors (Lipinski definition) is 3. The summed E-state index contributed by atoms with van der Waals surface area (Å²) in [5.74, 6) is 0.0822. The SMILES string of the molecule is [C-]#[N+][C@]1(O)CC2O[C@]1(C)n1c3ccccc3c3c4c[nH]c(O)c4c4c(C=C)c(C=C)n2c4c31. The number of ether oxygens (including phenoxy) is 1. The normalized spacial score (nSPS) is 25.9. The third-order valence-corrected chi connectivity index (χ3v) is 7.63. The summed E-state index contributed by atoms with van der Waals surface area (Å²) in [6.07, 6.45) is 4.81. The molecule has 0 aliphatic carbocycles. The first-order valence-corrected chi connectivity index (χ1v) is 10.8. The molecule has 0 amide bonds. The largest absolute Gasteiger partial charge is 0.494 e. The van der Waals surface area contributed by atoms with Crippen LogP contribution in [0.15, 0.2) is 43.6 Å². The minimum atomic E-state index is -1.78. The molecule has 1 fully saturated rings. The lowest BCUT2D eigenvalue weighted by Crippen LogP contribution is -2.48. The summed E-state index contributed by atoms with van der Waals surface area (Å²) in [7, 11) is 0. The van der Waals surface area contributed by atoms with Gasteiger partial charge in [-0.1, -0.05) is 37.4 Å². The van der Waals surface area contributed by atoms with Gasteiger partial charge in [-0.25, -0.2) is 6.57 Å². The van der Waals surface area contributed by atoms with Gasteiger partial charge in [0, 0.05) is 33.3 Å². The Bertz CT molecular complexity index is 1780. The van der Waals surface area contributed by atoms with Crippen LogP contribution in [0.4, 0.5) is 0 Å². The Labute approximate surface area is 188 Å². The summed E-state index contributed by atoms with van der Waals surface area (Å²) < 4.78 is 10.6. The molecule has 162 valence electrons. The molecule has 2 bridgehead atoms. The maximum absolute atomic E-state index is 11.6. The fourth-order valence-electron chi connectivity index (χ4n) is 6.23. The van der Waals surface area contributed by atoms with Crippen molar-refractivity contribution < 1.29 is 14.9 Å². The third kappa shape index (κ3) is 1.75. The van der Waals surface area contributed by atoms with E-state index in [2.05, 4.69) is 23.0 Å². The highest BCUT2D eigenvalue weighted by atomic mass is 16.6. The summed E-state index contributed by atoms with van der Waals surface area (Å²) >= 11 is 0. The Hall–Kier alpha value is -3.99. The number of H-pyrrole nitrogens is 1. The van der Waals surface area contributed by atoms with Crippen molar-refractivity contribution >= 4 is 55.6 Å². The predicted octanol–water partition coefficient (Wildman–Crippen LogP) is 5.44. The van der Waals surface area contributed by atoms with E-state index in [-0.39, 0.29) is 12.3 Å². The van der Waals surface area contributed by atoms with Crippen LogP contribution in [0.1, 0.15) is 30.8 Å². The van der Waals surface area contributed by atoms with Gasteiger partial charge in [-0.3, -0.25) is 4.85 Å². The molecule has 1 unspecified atom stereocenters. The number of fused-ring (bicyclic) bond motifs is 10. The van der Waals surface area contributed by atoms with Crippen LogP contribution >= 0.6 is 0 Å². The van der Waals surface area contributed by atoms with Gasteiger partial charge in [0.15, 0.2) is 5.88 Å². The van der Waals surface area contributed by atoms with E-state index < -0.39 is 17.7 Å². The van der Waals surface area contributed by atoms with Gasteiger partial charge in [0.25, 0.3) is 5.72 Å². The Morgan fingerprint density at radius 1 is 1.18 bits per heavy atom. The van der Waals surface area contributed by atoms with Crippen LogP contribution < -0.4 is 0 Å². The number of aliphatic hydroxyl groups is 1. The second-order valence-corrected chi connectivity index (χ2v) is 8.99. The first kappa shape index (κ1) is 18.6. The highest BCUT2D eigenvalue weighted by Crippen LogP contribution is 2.58. The topological polar surface area (TPSA) is 79.7 Å². The quantitative estimate of drug-likeness (QED) is 0.323. The van der Waals surface area contributed by atoms with Gasteiger partial charge < -0.3 is 29.1 Å². The molecule has 1 saturated heterocycles. The highest BCUT2D eigenvalue weighted by Gasteiger charge is 2.67. The lowest BCUT2D eigenvalue weighted by Gasteiger charge is -2.31. The van der Waals surface area contributed by atoms with E-state index >= 15 is 0 Å². The highest BCUT2D eigenvalue weighted by molar-refractivity contribution is 6.33. The number of rotatable bonds is 2. The molecule has 2 aliphatic heterocycles. The molecule has 7 rings (SSSR count). The summed E-state index contributed by atoms with van der Waals surface area (Å²) in [5.41, 5.74) is 1.06. The molecule has 3 N–H and O–H groups in total. The zero-order valence-electron chi connectivity index (χ0n) is 17.9. The van der Waals surface area contributed by atoms with E-state index in [1.54, 1.807) is 25.3 Å². The van der Waals surface area contributed by atoms with E-state index in [1.807, 2.05) is 33.4 Å². The number of aromatic amines is 1. The van der Waals surface area contributed by atoms with Crippen LogP contribution in [0, 0.1) is 6.57 Å². The lowest BCUT2D eigenvalue weighted by molar-refractivity contribution is -0.161. The number of nitrogens with one attached hydrogen (secondary N) is 1. The fourth-order valence-corrected chi connectivity index (χ4v) is 6.23. The van der Waals surface area contributed by atoms with Crippen LogP contribution in [-0.2, 0) is 10.5 Å². The second kappa shape index (κ2) is 5.49. The monoisotopic (exact) mass is 436 g/mol. The zero-order chi connectivity index (χ0) is 22.9. The maximum Gasteiger partial charge on any atom is 0.386 e. The Kier molecular flexibility index (Phi) is 3.09. The summed E-state index contributed by atoms with van der Waals surface area (Å²) in [6, 6.07) is 7.90. The number of benzene rings is 2. The lowest BCUT2D eigenvalue weighted by atomic mass is 9.98. The van der Waals surface area contributed by atoms with Crippen molar-refractivity contribution in [3.05, 3.63) is 66.3 Å². The van der Waals surface area contributed by atoms with Crippen molar-refractivity contribution in [3.63, 3.8) is 0 Å². The number of nitrogens with zero attached hydrogens (tertiary/aromatic N) is 3. The van der Waals surface area contributed by atoms with Gasteiger partial charge in [-0.15, -0.1) is 0 Å². The minimum absolute atomic E-state index is 0.0822. The molecular formula is C26H20N4O3. The van der Waals surface area contributed by atoms with Crippen molar-refractivity contribution in [2.45, 2.75) is 31.0 Å². The molecule has 7 heteroatoms. The van der Waals surface area contributed by atoms with Gasteiger partial charge in [-0.05, 0) is 19.1 Å². The van der Waals surface area contributed by atoms with Gasteiger partial charge >= 0.3 is 5.72 Å². The van der Waals surface area contributed by atoms with E-state index in [0.29, 0.717) is 5.39 Å². The van der Waals surface area contributed by atoms with Gasteiger partial charge in [0.2, 0.25) is 0 Å². The predicted molar refractivity (Wildman–Crippen MR) is 129 cm³/mol. The second-order valence-electron chi connectivity index (χ2n) is 8.99. The van der Waals surface area contributed by atoms with Crippen molar-refractivity contribution in [1.82, 2.24) is 14.1 Å². The van der Waals surface area contributed by atoms with E-state index in [9.17, 15) is 10.2 Å². The molecule has 0 radical (unpaired) electrons. The van der Waals surface area contributed by atoms with E-state index in [4.69, 9.17) is 11.3 Å². The van der Waals surface area contributed by atoms with Crippen molar-refractivity contribution in [3.8, 4) is 5.88 Å². The molecule has 2 aliphatic rings. The maximum atomic E-state index is 11.6. The van der Waals surface area contributed by atoms with Crippen LogP contribution in [0.2, 0.25) is 0 Å². The molecule has 3 aromatic heterocycles. The van der Waals surface area contributed by atoms with Crippen LogP contribution in [0.5, 0.6) is 5.88 Å². The van der Waals surface area contributed by atoms with Crippen molar-refractivity contribution in [1.29, 1.82) is 0 Å². The summed E-state index contributed by atoms with van der Waals surface area (Å²) in [6.45, 7) is 17.8. The van der Waals surface area contributed by atoms with E-state index in [1.165, 1.54) is 0 Å². The average Bonchev–Trinajstić information content (AvgIpc) is 3.50. The van der Waals surface area contributed by atoms with E-state index in [0.717, 1.165) is 49.4 Å². The van der Waals surface area contributed by atoms with Crippen molar-refractivity contribution in [2.24, 2.45) is 0 Å². The molecule has 0 saturated carbocycles. The van der Waals surface area contributed by atoms with Gasteiger partial charge in [-0.2, -0.15) is 0 Å². The molecule has 2 aromatic carbocycles. The van der Waals surface area contributed by atoms with Gasteiger partial charge in [0.05, 0.1) is 27.6 Å². The van der Waals surface area contributed by atoms with Gasteiger partial charge in [0.1, 0.15) is 12.6 Å². The van der Waals surface area contributed by atoms with Crippen LogP contribution in [0.25, 0.3) is 60.5 Å².